The molecule has 5 heteroatoms. The Morgan fingerprint density at radius 1 is 1.38 bits per heavy atom. The molecule has 0 atom stereocenters. The van der Waals surface area contributed by atoms with Gasteiger partial charge in [-0.1, -0.05) is 54.3 Å². The van der Waals surface area contributed by atoms with Crippen LogP contribution in [0.4, 0.5) is 0 Å². The maximum Gasteiger partial charge on any atom is 0.346 e. The van der Waals surface area contributed by atoms with Crippen LogP contribution >= 0.6 is 24.0 Å². The van der Waals surface area contributed by atoms with Crippen LogP contribution in [0.25, 0.3) is 0 Å². The van der Waals surface area contributed by atoms with Crippen LogP contribution in [0.5, 0.6) is 0 Å². The minimum absolute atomic E-state index is 0.277. The third kappa shape index (κ3) is 3.54. The highest BCUT2D eigenvalue weighted by Crippen LogP contribution is 2.40. The minimum atomic E-state index is -0.277. The van der Waals surface area contributed by atoms with E-state index in [1.165, 1.54) is 11.8 Å². The topological polar surface area (TPSA) is 29.5 Å². The van der Waals surface area contributed by atoms with Crippen LogP contribution in [0, 0.1) is 0 Å². The van der Waals surface area contributed by atoms with E-state index in [9.17, 15) is 4.79 Å². The normalized spacial score (nSPS) is 16.5. The van der Waals surface area contributed by atoms with Crippen LogP contribution in [0.1, 0.15) is 19.4 Å². The number of carbonyl (C=O) groups is 1. The van der Waals surface area contributed by atoms with Crippen molar-refractivity contribution in [2.45, 2.75) is 13.8 Å². The molecule has 110 valence electrons. The van der Waals surface area contributed by atoms with Crippen molar-refractivity contribution in [1.29, 1.82) is 0 Å². The molecule has 1 heterocycles. The summed E-state index contributed by atoms with van der Waals surface area (Å²) in [5, 5.41) is 0.935. The number of hydrogen-bond acceptors (Lipinski definition) is 5. The zero-order valence-corrected chi connectivity index (χ0v) is 13.9. The second kappa shape index (κ2) is 6.91. The van der Waals surface area contributed by atoms with Crippen molar-refractivity contribution in [3.05, 3.63) is 57.6 Å². The summed E-state index contributed by atoms with van der Waals surface area (Å²) in [6.45, 7) is 4.09. The first-order valence-corrected chi connectivity index (χ1v) is 7.87. The molecule has 21 heavy (non-hydrogen) atoms. The average molecular weight is 319 g/mol. The molecular weight excluding hydrogens is 302 g/mol. The Kier molecular flexibility index (Phi) is 5.20. The number of thiocarbonyl (C=S) groups is 1. The first-order chi connectivity index (χ1) is 10.0. The van der Waals surface area contributed by atoms with Gasteiger partial charge in [0.15, 0.2) is 0 Å². The van der Waals surface area contributed by atoms with Gasteiger partial charge in [0.1, 0.15) is 4.91 Å². The Bertz CT molecular complexity index is 620. The molecule has 0 aromatic heterocycles. The molecule has 0 unspecified atom stereocenters. The van der Waals surface area contributed by atoms with E-state index in [0.29, 0.717) is 11.5 Å². The molecule has 3 nitrogen and oxygen atoms in total. The van der Waals surface area contributed by atoms with E-state index in [1.807, 2.05) is 55.3 Å². The summed E-state index contributed by atoms with van der Waals surface area (Å²) in [4.78, 5) is 15.3. The van der Waals surface area contributed by atoms with Gasteiger partial charge in [-0.3, -0.25) is 0 Å². The standard InChI is InChI=1S/C16H17NO2S2/c1-4-19-16(18)15-11(2)17(3)14(21-15)10-13(20)12-8-6-5-7-9-12/h5-10H,4H2,1-3H3/b14-10+. The van der Waals surface area contributed by atoms with E-state index in [1.54, 1.807) is 6.92 Å². The number of esters is 1. The van der Waals surface area contributed by atoms with Gasteiger partial charge in [0.2, 0.25) is 0 Å². The van der Waals surface area contributed by atoms with Gasteiger partial charge in [0.25, 0.3) is 0 Å². The fourth-order valence-corrected chi connectivity index (χ4v) is 3.28. The zero-order chi connectivity index (χ0) is 15.4. The molecule has 1 aliphatic heterocycles. The highest BCUT2D eigenvalue weighted by molar-refractivity contribution is 8.07. The van der Waals surface area contributed by atoms with Crippen molar-refractivity contribution < 1.29 is 9.53 Å². The summed E-state index contributed by atoms with van der Waals surface area (Å²) in [6.07, 6.45) is 1.92. The molecule has 0 saturated heterocycles. The largest absolute Gasteiger partial charge is 0.462 e. The summed E-state index contributed by atoms with van der Waals surface area (Å²) in [5.41, 5.74) is 1.89. The van der Waals surface area contributed by atoms with Crippen LogP contribution in [-0.2, 0) is 9.53 Å². The lowest BCUT2D eigenvalue weighted by atomic mass is 10.1. The molecule has 2 rings (SSSR count). The number of rotatable bonds is 4. The summed E-state index contributed by atoms with van der Waals surface area (Å²) in [6, 6.07) is 9.83. The number of thioether (sulfide) groups is 1. The molecule has 0 spiro atoms. The van der Waals surface area contributed by atoms with Gasteiger partial charge >= 0.3 is 5.97 Å². The lowest BCUT2D eigenvalue weighted by Crippen LogP contribution is -2.11. The molecule has 0 saturated carbocycles. The van der Waals surface area contributed by atoms with Crippen molar-refractivity contribution in [2.75, 3.05) is 13.7 Å². The Labute approximate surface area is 134 Å². The first kappa shape index (κ1) is 15.8. The number of nitrogens with zero attached hydrogens (tertiary/aromatic N) is 1. The van der Waals surface area contributed by atoms with E-state index in [2.05, 4.69) is 0 Å². The van der Waals surface area contributed by atoms with E-state index in [4.69, 9.17) is 17.0 Å². The molecule has 0 N–H and O–H groups in total. The van der Waals surface area contributed by atoms with Gasteiger partial charge in [0, 0.05) is 17.6 Å². The predicted molar refractivity (Wildman–Crippen MR) is 90.9 cm³/mol. The summed E-state index contributed by atoms with van der Waals surface area (Å²) >= 11 is 6.86. The maximum absolute atomic E-state index is 11.9. The van der Waals surface area contributed by atoms with Gasteiger partial charge in [-0.05, 0) is 25.5 Å². The summed E-state index contributed by atoms with van der Waals surface area (Å²) in [7, 11) is 1.92. The van der Waals surface area contributed by atoms with Gasteiger partial charge in [-0.15, -0.1) is 0 Å². The van der Waals surface area contributed by atoms with Crippen LogP contribution in [0.15, 0.2) is 52.0 Å². The Balaban J connectivity index is 2.19. The van der Waals surface area contributed by atoms with Gasteiger partial charge in [-0.2, -0.15) is 0 Å². The van der Waals surface area contributed by atoms with Crippen LogP contribution in [0.3, 0.4) is 0 Å². The smallest absolute Gasteiger partial charge is 0.346 e. The highest BCUT2D eigenvalue weighted by atomic mass is 32.2. The monoisotopic (exact) mass is 319 g/mol. The van der Waals surface area contributed by atoms with Gasteiger partial charge in [-0.25, -0.2) is 4.79 Å². The van der Waals surface area contributed by atoms with Gasteiger partial charge in [0.05, 0.1) is 11.6 Å². The van der Waals surface area contributed by atoms with Crippen LogP contribution < -0.4 is 0 Å². The Morgan fingerprint density at radius 2 is 2.05 bits per heavy atom. The lowest BCUT2D eigenvalue weighted by Gasteiger charge is -2.14. The third-order valence-corrected chi connectivity index (χ3v) is 4.76. The summed E-state index contributed by atoms with van der Waals surface area (Å²) < 4.78 is 5.08. The molecule has 1 aromatic carbocycles. The van der Waals surface area contributed by atoms with Crippen LogP contribution in [0.2, 0.25) is 0 Å². The number of ether oxygens (including phenoxy) is 1. The Hall–Kier alpha value is -1.59. The van der Waals surface area contributed by atoms with E-state index in [-0.39, 0.29) is 5.97 Å². The van der Waals surface area contributed by atoms with E-state index < -0.39 is 0 Å². The predicted octanol–water partition coefficient (Wildman–Crippen LogP) is 3.72. The van der Waals surface area contributed by atoms with E-state index >= 15 is 0 Å². The molecule has 1 aromatic rings. The number of hydrogen-bond donors (Lipinski definition) is 0. The number of carbonyl (C=O) groups excluding carboxylic acids is 1. The van der Waals surface area contributed by atoms with Crippen molar-refractivity contribution in [1.82, 2.24) is 4.90 Å². The summed E-state index contributed by atoms with van der Waals surface area (Å²) in [5.74, 6) is -0.277. The minimum Gasteiger partial charge on any atom is -0.462 e. The number of allylic oxidation sites excluding steroid dienone is 2. The number of benzene rings is 1. The molecule has 0 aliphatic carbocycles. The SMILES string of the molecule is CCOC(=O)C1=C(C)N(C)/C(=C\C(=S)c2ccccc2)S1. The third-order valence-electron chi connectivity index (χ3n) is 3.14. The molecule has 0 bridgehead atoms. The fraction of sp³-hybridized carbons (Fsp3) is 0.250. The molecule has 0 fully saturated rings. The van der Waals surface area contributed by atoms with E-state index in [0.717, 1.165) is 21.2 Å². The molecule has 0 amide bonds. The molecule has 0 radical (unpaired) electrons. The molecular formula is C16H17NO2S2. The zero-order valence-electron chi connectivity index (χ0n) is 12.3. The van der Waals surface area contributed by atoms with Crippen molar-refractivity contribution >= 4 is 34.8 Å². The van der Waals surface area contributed by atoms with Crippen molar-refractivity contribution in [2.24, 2.45) is 0 Å². The second-order valence-corrected chi connectivity index (χ2v) is 5.98. The second-order valence-electron chi connectivity index (χ2n) is 4.51. The van der Waals surface area contributed by atoms with Crippen molar-refractivity contribution in [3.63, 3.8) is 0 Å². The average Bonchev–Trinajstić information content (AvgIpc) is 2.77. The highest BCUT2D eigenvalue weighted by Gasteiger charge is 2.28. The Morgan fingerprint density at radius 3 is 2.67 bits per heavy atom. The fourth-order valence-electron chi connectivity index (χ4n) is 1.87. The molecule has 1 aliphatic rings. The maximum atomic E-state index is 11.9. The van der Waals surface area contributed by atoms with Gasteiger partial charge < -0.3 is 9.64 Å². The van der Waals surface area contributed by atoms with Crippen molar-refractivity contribution in [3.8, 4) is 0 Å². The lowest BCUT2D eigenvalue weighted by molar-refractivity contribution is -0.137. The first-order valence-electron chi connectivity index (χ1n) is 6.65. The quantitative estimate of drug-likeness (QED) is 0.365. The van der Waals surface area contributed by atoms with Crippen LogP contribution in [-0.4, -0.2) is 29.4 Å².